The number of hydrogen-bond donors (Lipinski definition) is 2. The van der Waals surface area contributed by atoms with Crippen molar-refractivity contribution in [2.75, 3.05) is 18.0 Å². The minimum Gasteiger partial charge on any atom is -0.483 e. The number of nitrogens with one attached hydrogen (secondary N) is 1. The van der Waals surface area contributed by atoms with Crippen molar-refractivity contribution in [2.45, 2.75) is 34.4 Å². The molecular weight excluding hydrogens is 448 g/mol. The van der Waals surface area contributed by atoms with Gasteiger partial charge in [-0.2, -0.15) is 4.98 Å². The zero-order valence-corrected chi connectivity index (χ0v) is 18.5. The molecule has 1 atom stereocenters. The minimum atomic E-state index is -0.413. The van der Waals surface area contributed by atoms with Crippen molar-refractivity contribution in [1.29, 1.82) is 0 Å². The fourth-order valence-electron chi connectivity index (χ4n) is 4.29. The average molecular weight is 467 g/mol. The summed E-state index contributed by atoms with van der Waals surface area (Å²) >= 11 is 7.65. The van der Waals surface area contributed by atoms with Gasteiger partial charge in [-0.1, -0.05) is 23.4 Å². The SMILES string of the molecule is N[C@@H]1c2ncccc2OC12CCN(c1nc3ncc(Sc4ccncc4Cl)nc3[nH]1)CC2. The van der Waals surface area contributed by atoms with Crippen LogP contribution in [0, 0.1) is 0 Å². The number of nitrogens with zero attached hydrogens (tertiary/aromatic N) is 6. The van der Waals surface area contributed by atoms with Crippen LogP contribution < -0.4 is 15.4 Å². The van der Waals surface area contributed by atoms with E-state index >= 15 is 0 Å². The lowest BCUT2D eigenvalue weighted by molar-refractivity contribution is 0.0427. The van der Waals surface area contributed by atoms with Gasteiger partial charge in [0.05, 0.1) is 17.3 Å². The Hall–Kier alpha value is -2.95. The van der Waals surface area contributed by atoms with Gasteiger partial charge >= 0.3 is 0 Å². The van der Waals surface area contributed by atoms with Crippen LogP contribution in [-0.2, 0) is 0 Å². The fraction of sp³-hybridized carbons (Fsp3) is 0.286. The van der Waals surface area contributed by atoms with E-state index in [1.165, 1.54) is 11.8 Å². The molecule has 0 aliphatic carbocycles. The number of fused-ring (bicyclic) bond motifs is 2. The molecule has 1 saturated heterocycles. The molecule has 3 N–H and O–H groups in total. The quantitative estimate of drug-likeness (QED) is 0.468. The summed E-state index contributed by atoms with van der Waals surface area (Å²) in [5, 5.41) is 1.31. The van der Waals surface area contributed by atoms with E-state index in [1.54, 1.807) is 24.8 Å². The maximum absolute atomic E-state index is 6.53. The Morgan fingerprint density at radius 3 is 2.84 bits per heavy atom. The van der Waals surface area contributed by atoms with Gasteiger partial charge in [0.15, 0.2) is 11.3 Å². The Labute approximate surface area is 192 Å². The second kappa shape index (κ2) is 7.58. The minimum absolute atomic E-state index is 0.223. The summed E-state index contributed by atoms with van der Waals surface area (Å²) in [5.41, 5.74) is 8.18. The summed E-state index contributed by atoms with van der Waals surface area (Å²) in [4.78, 5) is 28.6. The summed E-state index contributed by atoms with van der Waals surface area (Å²) in [5.74, 6) is 1.55. The summed E-state index contributed by atoms with van der Waals surface area (Å²) in [6.07, 6.45) is 8.34. The molecule has 1 spiro atoms. The number of halogens is 1. The van der Waals surface area contributed by atoms with Gasteiger partial charge in [-0.15, -0.1) is 0 Å². The van der Waals surface area contributed by atoms with Gasteiger partial charge in [-0.05, 0) is 18.2 Å². The first-order valence-corrected chi connectivity index (χ1v) is 11.5. The van der Waals surface area contributed by atoms with Crippen molar-refractivity contribution in [3.05, 3.63) is 53.7 Å². The van der Waals surface area contributed by atoms with E-state index in [2.05, 4.69) is 34.8 Å². The zero-order chi connectivity index (χ0) is 21.7. The Morgan fingerprint density at radius 2 is 2.03 bits per heavy atom. The molecule has 1 fully saturated rings. The number of ether oxygens (including phenoxy) is 1. The van der Waals surface area contributed by atoms with Crippen LogP contribution >= 0.6 is 23.4 Å². The van der Waals surface area contributed by atoms with E-state index in [-0.39, 0.29) is 6.04 Å². The van der Waals surface area contributed by atoms with E-state index in [0.29, 0.717) is 16.3 Å². The molecule has 0 saturated carbocycles. The number of imidazole rings is 1. The highest BCUT2D eigenvalue weighted by atomic mass is 35.5. The topological polar surface area (TPSA) is 119 Å². The van der Waals surface area contributed by atoms with Crippen LogP contribution in [0.4, 0.5) is 5.95 Å². The molecule has 162 valence electrons. The van der Waals surface area contributed by atoms with Gasteiger partial charge in [0.2, 0.25) is 5.95 Å². The Morgan fingerprint density at radius 1 is 1.16 bits per heavy atom. The lowest BCUT2D eigenvalue weighted by Gasteiger charge is -2.40. The lowest BCUT2D eigenvalue weighted by atomic mass is 9.84. The molecule has 4 aromatic rings. The van der Waals surface area contributed by atoms with Crippen molar-refractivity contribution in [1.82, 2.24) is 29.9 Å². The van der Waals surface area contributed by atoms with Crippen LogP contribution in [0.25, 0.3) is 11.3 Å². The third-order valence-corrected chi connectivity index (χ3v) is 7.40. The van der Waals surface area contributed by atoms with Gasteiger partial charge in [0.1, 0.15) is 22.1 Å². The lowest BCUT2D eigenvalue weighted by Crippen LogP contribution is -2.51. The van der Waals surface area contributed by atoms with Crippen molar-refractivity contribution in [2.24, 2.45) is 5.73 Å². The van der Waals surface area contributed by atoms with Crippen LogP contribution in [0.5, 0.6) is 5.75 Å². The van der Waals surface area contributed by atoms with Crippen molar-refractivity contribution in [3.8, 4) is 5.75 Å². The fourth-order valence-corrected chi connectivity index (χ4v) is 5.27. The number of hydrogen-bond acceptors (Lipinski definition) is 9. The first-order valence-electron chi connectivity index (χ1n) is 10.3. The summed E-state index contributed by atoms with van der Waals surface area (Å²) in [6, 6.07) is 5.45. The molecule has 0 radical (unpaired) electrons. The third kappa shape index (κ3) is 3.26. The standard InChI is InChI=1S/C21H19ClN8OS/c22-12-10-24-7-3-14(12)32-15-11-26-18-19(27-15)29-20(28-18)30-8-4-21(5-9-30)17(23)16-13(31-21)2-1-6-25-16/h1-3,6-7,10-11,17H,4-5,8-9,23H2,(H,26,27,28,29)/t17-/m1/s1. The highest BCUT2D eigenvalue weighted by Gasteiger charge is 2.49. The van der Waals surface area contributed by atoms with Crippen LogP contribution in [0.15, 0.2) is 52.9 Å². The second-order valence-corrected chi connectivity index (χ2v) is 9.34. The number of pyridine rings is 2. The van der Waals surface area contributed by atoms with Crippen LogP contribution in [0.3, 0.4) is 0 Å². The molecule has 6 heterocycles. The maximum atomic E-state index is 6.53. The van der Waals surface area contributed by atoms with Gasteiger partial charge in [-0.25, -0.2) is 9.97 Å². The van der Waals surface area contributed by atoms with Crippen LogP contribution in [0.2, 0.25) is 5.02 Å². The molecule has 11 heteroatoms. The van der Waals surface area contributed by atoms with Crippen LogP contribution in [-0.4, -0.2) is 48.6 Å². The molecule has 32 heavy (non-hydrogen) atoms. The van der Waals surface area contributed by atoms with Gasteiger partial charge in [0.25, 0.3) is 0 Å². The number of rotatable bonds is 3. The van der Waals surface area contributed by atoms with Gasteiger partial charge < -0.3 is 20.4 Å². The third-order valence-electron chi connectivity index (χ3n) is 6.01. The molecule has 2 aliphatic heterocycles. The van der Waals surface area contributed by atoms with Crippen molar-refractivity contribution < 1.29 is 4.74 Å². The largest absolute Gasteiger partial charge is 0.483 e. The highest BCUT2D eigenvalue weighted by Crippen LogP contribution is 2.46. The average Bonchev–Trinajstić information content (AvgIpc) is 3.35. The first kappa shape index (κ1) is 19.7. The van der Waals surface area contributed by atoms with E-state index in [4.69, 9.17) is 22.1 Å². The number of H-pyrrole nitrogens is 1. The molecule has 0 aromatic carbocycles. The maximum Gasteiger partial charge on any atom is 0.206 e. The smallest absolute Gasteiger partial charge is 0.206 e. The monoisotopic (exact) mass is 466 g/mol. The Kier molecular flexibility index (Phi) is 4.67. The van der Waals surface area contributed by atoms with Gasteiger partial charge in [-0.3, -0.25) is 9.97 Å². The molecule has 0 bridgehead atoms. The number of piperidine rings is 1. The molecule has 0 unspecified atom stereocenters. The van der Waals surface area contributed by atoms with E-state index < -0.39 is 5.60 Å². The van der Waals surface area contributed by atoms with Gasteiger partial charge in [0, 0.05) is 49.4 Å². The Balaban J connectivity index is 1.19. The van der Waals surface area contributed by atoms with E-state index in [9.17, 15) is 0 Å². The number of aromatic nitrogens is 6. The van der Waals surface area contributed by atoms with E-state index in [0.717, 1.165) is 53.2 Å². The summed E-state index contributed by atoms with van der Waals surface area (Å²) in [6.45, 7) is 1.52. The normalized spacial score (nSPS) is 19.3. The number of aromatic amines is 1. The molecule has 9 nitrogen and oxygen atoms in total. The molecule has 4 aromatic heterocycles. The molecule has 2 aliphatic rings. The molecular formula is C21H19ClN8OS. The highest BCUT2D eigenvalue weighted by molar-refractivity contribution is 7.99. The van der Waals surface area contributed by atoms with Crippen molar-refractivity contribution in [3.63, 3.8) is 0 Å². The van der Waals surface area contributed by atoms with E-state index in [1.807, 2.05) is 18.2 Å². The Bertz CT molecular complexity index is 1310. The summed E-state index contributed by atoms with van der Waals surface area (Å²) in [7, 11) is 0. The van der Waals surface area contributed by atoms with Crippen LogP contribution in [0.1, 0.15) is 24.6 Å². The predicted molar refractivity (Wildman–Crippen MR) is 121 cm³/mol. The zero-order valence-electron chi connectivity index (χ0n) is 16.9. The number of anilines is 1. The predicted octanol–water partition coefficient (Wildman–Crippen LogP) is 3.38. The molecule has 0 amide bonds. The first-order chi connectivity index (χ1) is 15.6. The summed E-state index contributed by atoms with van der Waals surface area (Å²) < 4.78 is 6.29. The second-order valence-electron chi connectivity index (χ2n) is 7.87. The number of nitrogens with two attached hydrogens (primary N) is 1. The van der Waals surface area contributed by atoms with Crippen molar-refractivity contribution >= 4 is 40.6 Å². The molecule has 6 rings (SSSR count).